The Morgan fingerprint density at radius 1 is 0.969 bits per heavy atom. The van der Waals surface area contributed by atoms with Gasteiger partial charge in [0.25, 0.3) is 0 Å². The van der Waals surface area contributed by atoms with Crippen molar-refractivity contribution in [3.8, 4) is 0 Å². The van der Waals surface area contributed by atoms with Crippen LogP contribution in [0.5, 0.6) is 0 Å². The zero-order valence-electron chi connectivity index (χ0n) is 17.0. The predicted octanol–water partition coefficient (Wildman–Crippen LogP) is -4.93. The molecule has 1 aromatic rings. The van der Waals surface area contributed by atoms with Gasteiger partial charge in [0.2, 0.25) is 23.6 Å². The molecular weight excluding hydrogens is 430 g/mol. The lowest BCUT2D eigenvalue weighted by atomic mass is 10.1. The second kappa shape index (κ2) is 13.0. The Morgan fingerprint density at radius 2 is 1.50 bits per heavy atom. The number of aliphatic hydroxyl groups excluding tert-OH is 2. The molecule has 0 fully saturated rings. The van der Waals surface area contributed by atoms with Crippen LogP contribution in [-0.2, 0) is 30.4 Å². The molecule has 178 valence electrons. The van der Waals surface area contributed by atoms with Crippen molar-refractivity contribution in [3.05, 3.63) is 18.2 Å². The summed E-state index contributed by atoms with van der Waals surface area (Å²) in [4.78, 5) is 65.4. The summed E-state index contributed by atoms with van der Waals surface area (Å²) >= 11 is 0. The van der Waals surface area contributed by atoms with Gasteiger partial charge in [0.05, 0.1) is 25.6 Å². The quantitative estimate of drug-likeness (QED) is 0.128. The van der Waals surface area contributed by atoms with Crippen LogP contribution >= 0.6 is 0 Å². The normalized spacial score (nSPS) is 14.5. The highest BCUT2D eigenvalue weighted by molar-refractivity contribution is 5.94. The Bertz CT molecular complexity index is 801. The maximum atomic E-state index is 12.3. The number of hydrogen-bond donors (Lipinski definition) is 9. The number of aliphatic hydroxyl groups is 2. The number of imidazole rings is 1. The van der Waals surface area contributed by atoms with E-state index in [-0.39, 0.29) is 19.3 Å². The molecule has 0 aromatic carbocycles. The molecule has 4 amide bonds. The van der Waals surface area contributed by atoms with Crippen molar-refractivity contribution >= 4 is 29.6 Å². The standard InChI is InChI=1S/C17H27N7O8/c18-9(3-8-4-20-7-21-8)14(28)23-11(5-25)16(30)24-12(6-26)15(29)22-10(17(31)32)1-2-13(19)27/h4,7,9-12,25-26H,1-3,5-6,18H2,(H2,19,27)(H,20,21)(H,22,29)(H,23,28)(H,24,30)(H,31,32). The number of nitrogens with one attached hydrogen (secondary N) is 4. The summed E-state index contributed by atoms with van der Waals surface area (Å²) in [5, 5.41) is 34.4. The molecule has 1 heterocycles. The van der Waals surface area contributed by atoms with Crippen LogP contribution in [0.4, 0.5) is 0 Å². The smallest absolute Gasteiger partial charge is 0.326 e. The molecule has 32 heavy (non-hydrogen) atoms. The van der Waals surface area contributed by atoms with Crippen LogP contribution in [0.2, 0.25) is 0 Å². The van der Waals surface area contributed by atoms with Crippen molar-refractivity contribution in [2.75, 3.05) is 13.2 Å². The number of aliphatic carboxylic acids is 1. The van der Waals surface area contributed by atoms with Crippen LogP contribution in [0.25, 0.3) is 0 Å². The third-order valence-electron chi connectivity index (χ3n) is 4.26. The van der Waals surface area contributed by atoms with Gasteiger partial charge < -0.3 is 47.7 Å². The SMILES string of the molecule is NC(=O)CCC(NC(=O)C(CO)NC(=O)C(CO)NC(=O)C(N)Cc1cnc[nH]1)C(=O)O. The van der Waals surface area contributed by atoms with Gasteiger partial charge in [0.15, 0.2) is 0 Å². The van der Waals surface area contributed by atoms with E-state index in [1.807, 2.05) is 0 Å². The highest BCUT2D eigenvalue weighted by Crippen LogP contribution is 2.00. The van der Waals surface area contributed by atoms with Gasteiger partial charge in [-0.1, -0.05) is 0 Å². The van der Waals surface area contributed by atoms with Crippen LogP contribution in [0.1, 0.15) is 18.5 Å². The van der Waals surface area contributed by atoms with Gasteiger partial charge in [-0.25, -0.2) is 9.78 Å². The fourth-order valence-corrected chi connectivity index (χ4v) is 2.48. The van der Waals surface area contributed by atoms with Crippen LogP contribution in [0.15, 0.2) is 12.5 Å². The maximum Gasteiger partial charge on any atom is 0.326 e. The number of hydrogen-bond acceptors (Lipinski definition) is 9. The molecular formula is C17H27N7O8. The van der Waals surface area contributed by atoms with Crippen LogP contribution < -0.4 is 27.4 Å². The number of nitrogens with two attached hydrogens (primary N) is 2. The summed E-state index contributed by atoms with van der Waals surface area (Å²) in [5.41, 5.74) is 11.3. The van der Waals surface area contributed by atoms with Gasteiger partial charge in [-0.05, 0) is 6.42 Å². The number of carbonyl (C=O) groups is 5. The van der Waals surface area contributed by atoms with E-state index in [2.05, 4.69) is 25.9 Å². The number of nitrogens with zero attached hydrogens (tertiary/aromatic N) is 1. The lowest BCUT2D eigenvalue weighted by Crippen LogP contribution is -2.59. The molecule has 0 saturated heterocycles. The van der Waals surface area contributed by atoms with E-state index in [1.54, 1.807) is 0 Å². The number of carboxylic acids is 1. The fourth-order valence-electron chi connectivity index (χ4n) is 2.48. The van der Waals surface area contributed by atoms with Crippen molar-refractivity contribution in [2.24, 2.45) is 11.5 Å². The molecule has 1 rings (SSSR count). The van der Waals surface area contributed by atoms with Crippen molar-refractivity contribution in [1.29, 1.82) is 0 Å². The minimum atomic E-state index is -1.59. The number of H-pyrrole nitrogens is 1. The number of carboxylic acid groups (broad SMARTS) is 1. The lowest BCUT2D eigenvalue weighted by Gasteiger charge is -2.23. The molecule has 0 aliphatic rings. The van der Waals surface area contributed by atoms with E-state index in [0.717, 1.165) is 0 Å². The van der Waals surface area contributed by atoms with Gasteiger partial charge in [-0.3, -0.25) is 19.2 Å². The van der Waals surface area contributed by atoms with E-state index in [9.17, 15) is 34.2 Å². The van der Waals surface area contributed by atoms with E-state index in [1.165, 1.54) is 12.5 Å². The molecule has 0 aliphatic carbocycles. The van der Waals surface area contributed by atoms with Gasteiger partial charge in [0, 0.05) is 24.7 Å². The lowest BCUT2D eigenvalue weighted by molar-refractivity contribution is -0.143. The molecule has 0 aliphatic heterocycles. The Morgan fingerprint density at radius 3 is 1.94 bits per heavy atom. The Kier molecular flexibility index (Phi) is 10.7. The second-order valence-corrected chi connectivity index (χ2v) is 6.78. The largest absolute Gasteiger partial charge is 0.480 e. The van der Waals surface area contributed by atoms with Gasteiger partial charge in [-0.15, -0.1) is 0 Å². The number of aromatic amines is 1. The zero-order valence-corrected chi connectivity index (χ0v) is 17.0. The third-order valence-corrected chi connectivity index (χ3v) is 4.26. The van der Waals surface area contributed by atoms with Crippen molar-refractivity contribution < 1.29 is 39.3 Å². The first kappa shape index (κ1) is 26.5. The monoisotopic (exact) mass is 457 g/mol. The summed E-state index contributed by atoms with van der Waals surface area (Å²) in [7, 11) is 0. The molecule has 4 atom stereocenters. The van der Waals surface area contributed by atoms with Crippen LogP contribution in [0.3, 0.4) is 0 Å². The first-order valence-electron chi connectivity index (χ1n) is 9.45. The highest BCUT2D eigenvalue weighted by Gasteiger charge is 2.30. The molecule has 15 heteroatoms. The van der Waals surface area contributed by atoms with E-state index in [0.29, 0.717) is 5.69 Å². The molecule has 0 radical (unpaired) electrons. The van der Waals surface area contributed by atoms with Gasteiger partial charge >= 0.3 is 5.97 Å². The number of rotatable bonds is 14. The summed E-state index contributed by atoms with van der Waals surface area (Å²) in [5.74, 6) is -5.07. The van der Waals surface area contributed by atoms with Crippen molar-refractivity contribution in [3.63, 3.8) is 0 Å². The van der Waals surface area contributed by atoms with Crippen LogP contribution in [-0.4, -0.2) is 92.3 Å². The summed E-state index contributed by atoms with van der Waals surface area (Å²) in [6, 6.07) is -5.66. The van der Waals surface area contributed by atoms with Crippen LogP contribution in [0, 0.1) is 0 Å². The third kappa shape index (κ3) is 8.66. The molecule has 4 unspecified atom stereocenters. The number of carbonyl (C=O) groups excluding carboxylic acids is 4. The molecule has 1 aromatic heterocycles. The van der Waals surface area contributed by atoms with E-state index < -0.39 is 67.0 Å². The Labute approximate surface area is 181 Å². The van der Waals surface area contributed by atoms with E-state index >= 15 is 0 Å². The average Bonchev–Trinajstić information content (AvgIpc) is 3.25. The number of primary amides is 1. The number of amides is 4. The number of aromatic nitrogens is 2. The summed E-state index contributed by atoms with van der Waals surface area (Å²) in [6.45, 7) is -1.75. The molecule has 0 saturated carbocycles. The summed E-state index contributed by atoms with van der Waals surface area (Å²) < 4.78 is 0. The molecule has 0 spiro atoms. The van der Waals surface area contributed by atoms with Crippen molar-refractivity contribution in [1.82, 2.24) is 25.9 Å². The predicted molar refractivity (Wildman–Crippen MR) is 106 cm³/mol. The Balaban J connectivity index is 2.68. The molecule has 15 nitrogen and oxygen atoms in total. The highest BCUT2D eigenvalue weighted by atomic mass is 16.4. The molecule has 0 bridgehead atoms. The topological polar surface area (TPSA) is 263 Å². The molecule has 11 N–H and O–H groups in total. The van der Waals surface area contributed by atoms with Gasteiger partial charge in [0.1, 0.15) is 18.1 Å². The second-order valence-electron chi connectivity index (χ2n) is 6.78. The fraction of sp³-hybridized carbons (Fsp3) is 0.529. The van der Waals surface area contributed by atoms with E-state index in [4.69, 9.17) is 16.6 Å². The maximum absolute atomic E-state index is 12.3. The minimum absolute atomic E-state index is 0.0785. The zero-order chi connectivity index (χ0) is 24.3. The average molecular weight is 457 g/mol. The minimum Gasteiger partial charge on any atom is -0.480 e. The first-order valence-corrected chi connectivity index (χ1v) is 9.45. The van der Waals surface area contributed by atoms with Gasteiger partial charge in [-0.2, -0.15) is 0 Å². The van der Waals surface area contributed by atoms with Crippen molar-refractivity contribution in [2.45, 2.75) is 43.4 Å². The Hall–Kier alpha value is -3.56. The summed E-state index contributed by atoms with van der Waals surface area (Å²) in [6.07, 6.45) is 2.32. The first-order chi connectivity index (χ1) is 15.1.